The molecular weight excluding hydrogens is 238 g/mol. The van der Waals surface area contributed by atoms with Gasteiger partial charge in [-0.1, -0.05) is 19.1 Å². The number of aromatic nitrogens is 1. The Balaban J connectivity index is 1.63. The Bertz CT molecular complexity index is 468. The molecule has 0 aliphatic heterocycles. The molecule has 0 amide bonds. The zero-order valence-electron chi connectivity index (χ0n) is 11.2. The molecule has 19 heavy (non-hydrogen) atoms. The van der Waals surface area contributed by atoms with Crippen LogP contribution >= 0.6 is 0 Å². The van der Waals surface area contributed by atoms with E-state index in [9.17, 15) is 0 Å². The maximum Gasteiger partial charge on any atom is 0.137 e. The Morgan fingerprint density at radius 2 is 1.68 bits per heavy atom. The molecule has 0 aliphatic carbocycles. The van der Waals surface area contributed by atoms with Gasteiger partial charge in [-0.3, -0.25) is 4.98 Å². The summed E-state index contributed by atoms with van der Waals surface area (Å²) in [5, 5.41) is 0. The molecule has 0 radical (unpaired) electrons. The van der Waals surface area contributed by atoms with Gasteiger partial charge >= 0.3 is 0 Å². The summed E-state index contributed by atoms with van der Waals surface area (Å²) in [5.41, 5.74) is 1.33. The first kappa shape index (κ1) is 13.4. The van der Waals surface area contributed by atoms with Crippen LogP contribution in [0.3, 0.4) is 0 Å². The third kappa shape index (κ3) is 4.62. The van der Waals surface area contributed by atoms with E-state index in [4.69, 9.17) is 9.47 Å². The molecule has 0 unspecified atom stereocenters. The van der Waals surface area contributed by atoms with Crippen molar-refractivity contribution in [1.29, 1.82) is 0 Å². The number of rotatable bonds is 7. The second kappa shape index (κ2) is 7.41. The highest BCUT2D eigenvalue weighted by Gasteiger charge is 1.96. The number of benzene rings is 1. The van der Waals surface area contributed by atoms with E-state index in [2.05, 4.69) is 24.0 Å². The van der Waals surface area contributed by atoms with Gasteiger partial charge in [-0.2, -0.15) is 0 Å². The van der Waals surface area contributed by atoms with Gasteiger partial charge in [0, 0.05) is 12.6 Å². The first-order valence-electron chi connectivity index (χ1n) is 6.63. The molecule has 0 N–H and O–H groups in total. The van der Waals surface area contributed by atoms with Crippen LogP contribution < -0.4 is 9.47 Å². The Labute approximate surface area is 114 Å². The fourth-order valence-electron chi connectivity index (χ4n) is 1.69. The molecule has 0 spiro atoms. The summed E-state index contributed by atoms with van der Waals surface area (Å²) in [6.07, 6.45) is 5.35. The van der Waals surface area contributed by atoms with Gasteiger partial charge in [0.05, 0.1) is 19.4 Å². The van der Waals surface area contributed by atoms with Crippen molar-refractivity contribution in [2.45, 2.75) is 19.8 Å². The smallest absolute Gasteiger partial charge is 0.137 e. The van der Waals surface area contributed by atoms with Crippen LogP contribution in [0.1, 0.15) is 18.9 Å². The van der Waals surface area contributed by atoms with Crippen molar-refractivity contribution in [3.8, 4) is 11.5 Å². The summed E-state index contributed by atoms with van der Waals surface area (Å²) < 4.78 is 11.2. The van der Waals surface area contributed by atoms with Crippen LogP contribution in [0.5, 0.6) is 11.5 Å². The third-order valence-electron chi connectivity index (χ3n) is 2.79. The number of ether oxygens (including phenoxy) is 2. The molecule has 0 saturated heterocycles. The summed E-state index contributed by atoms with van der Waals surface area (Å²) in [7, 11) is 0. The fraction of sp³-hybridized carbons (Fsp3) is 0.312. The molecule has 0 atom stereocenters. The van der Waals surface area contributed by atoms with E-state index in [0.717, 1.165) is 24.3 Å². The van der Waals surface area contributed by atoms with Crippen molar-refractivity contribution >= 4 is 0 Å². The van der Waals surface area contributed by atoms with Gasteiger partial charge < -0.3 is 9.47 Å². The molecule has 2 aromatic rings. The molecule has 1 heterocycles. The molecule has 1 aromatic heterocycles. The molecule has 3 heteroatoms. The average molecular weight is 257 g/mol. The number of aryl methyl sites for hydroxylation is 1. The second-order valence-corrected chi connectivity index (χ2v) is 4.24. The van der Waals surface area contributed by atoms with E-state index in [1.54, 1.807) is 12.4 Å². The Hall–Kier alpha value is -2.03. The van der Waals surface area contributed by atoms with Gasteiger partial charge in [0.2, 0.25) is 0 Å². The molecule has 3 nitrogen and oxygen atoms in total. The average Bonchev–Trinajstić information content (AvgIpc) is 2.49. The molecule has 1 aromatic carbocycles. The maximum absolute atomic E-state index is 5.65. The maximum atomic E-state index is 5.65. The highest BCUT2D eigenvalue weighted by Crippen LogP contribution is 2.13. The van der Waals surface area contributed by atoms with Crippen LogP contribution in [0.4, 0.5) is 0 Å². The molecule has 0 bridgehead atoms. The van der Waals surface area contributed by atoms with Crippen LogP contribution in [-0.2, 0) is 6.42 Å². The number of hydrogen-bond donors (Lipinski definition) is 0. The molecule has 0 aliphatic rings. The predicted molar refractivity (Wildman–Crippen MR) is 75.7 cm³/mol. The minimum Gasteiger partial charge on any atom is -0.493 e. The van der Waals surface area contributed by atoms with E-state index in [-0.39, 0.29) is 0 Å². The van der Waals surface area contributed by atoms with Gasteiger partial charge in [-0.25, -0.2) is 0 Å². The first-order chi connectivity index (χ1) is 9.38. The molecule has 100 valence electrons. The van der Waals surface area contributed by atoms with Crippen LogP contribution in [-0.4, -0.2) is 18.2 Å². The lowest BCUT2D eigenvalue weighted by Gasteiger charge is -2.08. The lowest BCUT2D eigenvalue weighted by atomic mass is 10.2. The second-order valence-electron chi connectivity index (χ2n) is 4.24. The van der Waals surface area contributed by atoms with E-state index < -0.39 is 0 Å². The van der Waals surface area contributed by atoms with E-state index in [1.807, 2.05) is 24.3 Å². The summed E-state index contributed by atoms with van der Waals surface area (Å²) in [4.78, 5) is 3.99. The van der Waals surface area contributed by atoms with Crippen molar-refractivity contribution in [3.05, 3.63) is 54.4 Å². The summed E-state index contributed by atoms with van der Waals surface area (Å²) in [6, 6.07) is 12.0. The molecule has 2 rings (SSSR count). The first-order valence-corrected chi connectivity index (χ1v) is 6.63. The zero-order chi connectivity index (χ0) is 13.3. The zero-order valence-corrected chi connectivity index (χ0v) is 11.2. The SMILES string of the molecule is CCc1ccc(OCCCOc2cccnc2)cc1. The van der Waals surface area contributed by atoms with Crippen molar-refractivity contribution in [3.63, 3.8) is 0 Å². The largest absolute Gasteiger partial charge is 0.493 e. The quantitative estimate of drug-likeness (QED) is 0.711. The Kier molecular flexibility index (Phi) is 5.23. The van der Waals surface area contributed by atoms with Crippen LogP contribution in [0.15, 0.2) is 48.8 Å². The Morgan fingerprint density at radius 1 is 0.947 bits per heavy atom. The summed E-state index contributed by atoms with van der Waals surface area (Å²) in [6.45, 7) is 3.44. The van der Waals surface area contributed by atoms with Crippen molar-refractivity contribution in [1.82, 2.24) is 4.98 Å². The minimum absolute atomic E-state index is 0.638. The monoisotopic (exact) mass is 257 g/mol. The normalized spacial score (nSPS) is 10.2. The van der Waals surface area contributed by atoms with Gasteiger partial charge in [0.1, 0.15) is 11.5 Å². The summed E-state index contributed by atoms with van der Waals surface area (Å²) in [5.74, 6) is 1.72. The van der Waals surface area contributed by atoms with Crippen molar-refractivity contribution < 1.29 is 9.47 Å². The van der Waals surface area contributed by atoms with Gasteiger partial charge in [-0.15, -0.1) is 0 Å². The topological polar surface area (TPSA) is 31.4 Å². The van der Waals surface area contributed by atoms with E-state index in [0.29, 0.717) is 13.2 Å². The number of nitrogens with zero attached hydrogens (tertiary/aromatic N) is 1. The van der Waals surface area contributed by atoms with Crippen LogP contribution in [0.2, 0.25) is 0 Å². The third-order valence-corrected chi connectivity index (χ3v) is 2.79. The molecule has 0 fully saturated rings. The van der Waals surface area contributed by atoms with Crippen LogP contribution in [0, 0.1) is 0 Å². The van der Waals surface area contributed by atoms with E-state index in [1.165, 1.54) is 5.56 Å². The van der Waals surface area contributed by atoms with Gasteiger partial charge in [-0.05, 0) is 36.2 Å². The standard InChI is InChI=1S/C16H19NO2/c1-2-14-6-8-15(9-7-14)18-11-4-12-19-16-5-3-10-17-13-16/h3,5-10,13H,2,4,11-12H2,1H3. The molecular formula is C16H19NO2. The Morgan fingerprint density at radius 3 is 2.32 bits per heavy atom. The van der Waals surface area contributed by atoms with Crippen molar-refractivity contribution in [2.24, 2.45) is 0 Å². The summed E-state index contributed by atoms with van der Waals surface area (Å²) >= 11 is 0. The highest BCUT2D eigenvalue weighted by atomic mass is 16.5. The molecule has 0 saturated carbocycles. The fourth-order valence-corrected chi connectivity index (χ4v) is 1.69. The van der Waals surface area contributed by atoms with Gasteiger partial charge in [0.15, 0.2) is 0 Å². The minimum atomic E-state index is 0.638. The lowest BCUT2D eigenvalue weighted by Crippen LogP contribution is -2.05. The van der Waals surface area contributed by atoms with Crippen LogP contribution in [0.25, 0.3) is 0 Å². The number of pyridine rings is 1. The lowest BCUT2D eigenvalue weighted by molar-refractivity contribution is 0.247. The van der Waals surface area contributed by atoms with E-state index >= 15 is 0 Å². The van der Waals surface area contributed by atoms with Crippen molar-refractivity contribution in [2.75, 3.05) is 13.2 Å². The number of hydrogen-bond acceptors (Lipinski definition) is 3. The van der Waals surface area contributed by atoms with Gasteiger partial charge in [0.25, 0.3) is 0 Å². The predicted octanol–water partition coefficient (Wildman–Crippen LogP) is 3.49. The highest BCUT2D eigenvalue weighted by molar-refractivity contribution is 5.27.